The highest BCUT2D eigenvalue weighted by atomic mass is 16.5. The number of nitriles is 1. The lowest BCUT2D eigenvalue weighted by Gasteiger charge is -2.63. The van der Waals surface area contributed by atoms with Gasteiger partial charge < -0.3 is 19.9 Å². The second-order valence-electron chi connectivity index (χ2n) is 18.0. The molecule has 4 heterocycles. The molecule has 8 rings (SSSR count). The van der Waals surface area contributed by atoms with E-state index >= 15 is 0 Å². The number of anilines is 2. The number of piperidine rings is 2. The highest BCUT2D eigenvalue weighted by Gasteiger charge is 2.64. The van der Waals surface area contributed by atoms with E-state index in [4.69, 9.17) is 4.74 Å². The molecule has 4 fully saturated rings. The summed E-state index contributed by atoms with van der Waals surface area (Å²) in [6, 6.07) is 20.7. The molecule has 308 valence electrons. The number of carbonyl (C=O) groups excluding carboxylic acids is 3. The van der Waals surface area contributed by atoms with Crippen LogP contribution in [0, 0.1) is 35.0 Å². The highest BCUT2D eigenvalue weighted by molar-refractivity contribution is 5.99. The number of hydrogen-bond donors (Lipinski definition) is 2. The van der Waals surface area contributed by atoms with Crippen LogP contribution in [-0.4, -0.2) is 90.4 Å². The molecule has 1 atom stereocenters. The van der Waals surface area contributed by atoms with Gasteiger partial charge in [-0.05, 0) is 98.3 Å². The number of fused-ring (bicyclic) bond motifs is 1. The summed E-state index contributed by atoms with van der Waals surface area (Å²) in [4.78, 5) is 58.1. The first-order valence-corrected chi connectivity index (χ1v) is 20.9. The number of hydrogen-bond acceptors (Lipinski definition) is 10. The van der Waals surface area contributed by atoms with Crippen molar-refractivity contribution in [2.24, 2.45) is 16.7 Å². The summed E-state index contributed by atoms with van der Waals surface area (Å²) in [5, 5.41) is 20.5. The van der Waals surface area contributed by atoms with E-state index in [2.05, 4.69) is 76.3 Å². The van der Waals surface area contributed by atoms with Crippen molar-refractivity contribution in [3.63, 3.8) is 0 Å². The van der Waals surface area contributed by atoms with Crippen molar-refractivity contribution < 1.29 is 19.1 Å². The van der Waals surface area contributed by atoms with Gasteiger partial charge >= 0.3 is 0 Å². The minimum Gasteiger partial charge on any atom is -0.489 e. The van der Waals surface area contributed by atoms with E-state index in [1.807, 2.05) is 49.4 Å². The summed E-state index contributed by atoms with van der Waals surface area (Å²) >= 11 is 0. The Morgan fingerprint density at radius 1 is 0.881 bits per heavy atom. The minimum atomic E-state index is -0.779. The molecule has 0 bridgehead atoms. The zero-order valence-electron chi connectivity index (χ0n) is 34.7. The van der Waals surface area contributed by atoms with E-state index in [0.717, 1.165) is 86.7 Å². The van der Waals surface area contributed by atoms with Crippen LogP contribution in [0.1, 0.15) is 80.9 Å². The van der Waals surface area contributed by atoms with Crippen LogP contribution >= 0.6 is 0 Å². The average molecular weight is 799 g/mol. The molecule has 2 N–H and O–H groups in total. The van der Waals surface area contributed by atoms with Gasteiger partial charge in [-0.3, -0.25) is 29.4 Å². The maximum Gasteiger partial charge on any atom is 0.275 e. The zero-order valence-corrected chi connectivity index (χ0v) is 34.7. The fourth-order valence-electron chi connectivity index (χ4n) is 10.2. The van der Waals surface area contributed by atoms with Crippen molar-refractivity contribution in [3.05, 3.63) is 93.9 Å². The molecule has 3 aliphatic heterocycles. The van der Waals surface area contributed by atoms with Gasteiger partial charge in [-0.2, -0.15) is 10.4 Å². The molecule has 3 saturated heterocycles. The van der Waals surface area contributed by atoms with E-state index in [0.29, 0.717) is 22.4 Å². The van der Waals surface area contributed by atoms with Gasteiger partial charge in [0.25, 0.3) is 17.4 Å². The molecule has 3 aromatic carbocycles. The predicted octanol–water partition coefficient (Wildman–Crippen LogP) is 5.20. The summed E-state index contributed by atoms with van der Waals surface area (Å²) in [5.74, 6) is 0.475. The molecule has 4 aromatic rings. The number of ether oxygens (including phenoxy) is 1. The quantitative estimate of drug-likeness (QED) is 0.216. The Labute approximate surface area is 345 Å². The van der Waals surface area contributed by atoms with Gasteiger partial charge in [0.15, 0.2) is 0 Å². The number of imide groups is 1. The molecule has 1 aromatic heterocycles. The second-order valence-corrected chi connectivity index (χ2v) is 18.0. The van der Waals surface area contributed by atoms with Crippen LogP contribution in [0.5, 0.6) is 5.75 Å². The van der Waals surface area contributed by atoms with Crippen LogP contribution in [0.25, 0.3) is 10.8 Å². The highest BCUT2D eigenvalue weighted by Crippen LogP contribution is 2.55. The Bertz CT molecular complexity index is 2350. The normalized spacial score (nSPS) is 23.3. The van der Waals surface area contributed by atoms with Crippen LogP contribution in [0.15, 0.2) is 71.7 Å². The van der Waals surface area contributed by atoms with Crippen molar-refractivity contribution in [1.82, 2.24) is 25.3 Å². The monoisotopic (exact) mass is 798 g/mol. The van der Waals surface area contributed by atoms with Crippen molar-refractivity contribution in [3.8, 4) is 11.8 Å². The molecule has 1 saturated carbocycles. The molecular weight excluding hydrogens is 745 g/mol. The summed E-state index contributed by atoms with van der Waals surface area (Å²) in [6.45, 7) is 17.2. The number of nitrogens with one attached hydrogen (secondary N) is 2. The van der Waals surface area contributed by atoms with Gasteiger partial charge in [-0.1, -0.05) is 27.7 Å². The second kappa shape index (κ2) is 15.8. The third-order valence-corrected chi connectivity index (χ3v) is 13.4. The number of amides is 3. The van der Waals surface area contributed by atoms with E-state index in [1.165, 1.54) is 4.68 Å². The number of nitrogens with zero attached hydrogens (tertiary/aromatic N) is 6. The van der Waals surface area contributed by atoms with Gasteiger partial charge in [0.05, 0.1) is 23.2 Å². The SMILES string of the molecule is Cc1cc(O[C@H]2C(C)(C)[C@H](NC(=O)c3ccc(N4CCC(CN5CCN(c6ccc7c(=O)n(C8CCC(=O)NC8=O)ncc7c6)CC5)CC4)cc3)C2(C)C)ccc1C#N. The fraction of sp³-hybridized carbons (Fsp3) is 0.478. The molecule has 1 unspecified atom stereocenters. The van der Waals surface area contributed by atoms with Crippen molar-refractivity contribution in [2.45, 2.75) is 78.5 Å². The number of aromatic nitrogens is 2. The van der Waals surface area contributed by atoms with Gasteiger partial charge in [-0.25, -0.2) is 4.68 Å². The zero-order chi connectivity index (χ0) is 41.6. The molecule has 4 aliphatic rings. The lowest BCUT2D eigenvalue weighted by atomic mass is 9.49. The summed E-state index contributed by atoms with van der Waals surface area (Å²) < 4.78 is 7.68. The standard InChI is InChI=1S/C46H54N8O5/c1-29-24-36(12-8-32(29)26-47)59-44-45(2,3)43(46(44,4)5)50-40(56)31-6-9-34(10-7-31)52-18-16-30(17-19-52)28-51-20-22-53(23-21-51)35-11-13-37-33(25-35)27-48-54(42(37)58)38-14-15-39(55)49-41(38)57/h6-13,24-25,27,30,38,43-44H,14-23,28H2,1-5H3,(H,50,56)(H,49,55,57)/t38?,43-,44-. The number of carbonyl (C=O) groups is 3. The van der Waals surface area contributed by atoms with Crippen molar-refractivity contribution in [2.75, 3.05) is 55.6 Å². The summed E-state index contributed by atoms with van der Waals surface area (Å²) in [5.41, 5.74) is 3.45. The Hall–Kier alpha value is -5.74. The van der Waals surface area contributed by atoms with Gasteiger partial charge in [0.1, 0.15) is 17.9 Å². The lowest BCUT2D eigenvalue weighted by Crippen LogP contribution is -2.74. The first-order chi connectivity index (χ1) is 28.2. The molecule has 13 nitrogen and oxygen atoms in total. The van der Waals surface area contributed by atoms with Crippen LogP contribution in [0.2, 0.25) is 0 Å². The smallest absolute Gasteiger partial charge is 0.275 e. The first kappa shape index (κ1) is 40.1. The van der Waals surface area contributed by atoms with Gasteiger partial charge in [-0.15, -0.1) is 0 Å². The van der Waals surface area contributed by atoms with Crippen molar-refractivity contribution >= 4 is 39.9 Å². The molecule has 1 aliphatic carbocycles. The van der Waals surface area contributed by atoms with E-state index in [1.54, 1.807) is 12.3 Å². The maximum atomic E-state index is 13.5. The van der Waals surface area contributed by atoms with Crippen molar-refractivity contribution in [1.29, 1.82) is 5.26 Å². The largest absolute Gasteiger partial charge is 0.489 e. The molecule has 0 spiro atoms. The number of benzene rings is 3. The Balaban J connectivity index is 0.792. The number of rotatable bonds is 9. The van der Waals surface area contributed by atoms with Crippen LogP contribution in [0.4, 0.5) is 11.4 Å². The van der Waals surface area contributed by atoms with Crippen LogP contribution in [0.3, 0.4) is 0 Å². The Morgan fingerprint density at radius 2 is 1.56 bits per heavy atom. The fourth-order valence-corrected chi connectivity index (χ4v) is 10.2. The lowest BCUT2D eigenvalue weighted by molar-refractivity contribution is -0.164. The van der Waals surface area contributed by atoms with Crippen LogP contribution < -0.4 is 30.7 Å². The third kappa shape index (κ3) is 7.78. The first-order valence-electron chi connectivity index (χ1n) is 20.9. The minimum absolute atomic E-state index is 0.0804. The number of piperazine rings is 1. The van der Waals surface area contributed by atoms with E-state index in [9.17, 15) is 24.4 Å². The summed E-state index contributed by atoms with van der Waals surface area (Å²) in [6.07, 6.45) is 4.22. The molecule has 13 heteroatoms. The predicted molar refractivity (Wildman–Crippen MR) is 227 cm³/mol. The molecule has 3 amide bonds. The topological polar surface area (TPSA) is 153 Å². The number of aryl methyl sites for hydroxylation is 1. The molecular formula is C46H54N8O5. The Kier molecular flexibility index (Phi) is 10.7. The van der Waals surface area contributed by atoms with E-state index < -0.39 is 11.9 Å². The van der Waals surface area contributed by atoms with E-state index in [-0.39, 0.29) is 53.2 Å². The van der Waals surface area contributed by atoms with Gasteiger partial charge in [0.2, 0.25) is 5.91 Å². The molecule has 0 radical (unpaired) electrons. The molecule has 59 heavy (non-hydrogen) atoms. The summed E-state index contributed by atoms with van der Waals surface area (Å²) in [7, 11) is 0. The Morgan fingerprint density at radius 3 is 2.22 bits per heavy atom. The average Bonchev–Trinajstić information content (AvgIpc) is 3.22. The maximum absolute atomic E-state index is 13.5. The van der Waals surface area contributed by atoms with Crippen LogP contribution in [-0.2, 0) is 9.59 Å². The third-order valence-electron chi connectivity index (χ3n) is 13.4. The van der Waals surface area contributed by atoms with Gasteiger partial charge in [0, 0.05) is 91.4 Å².